The zero-order chi connectivity index (χ0) is 18.1. The van der Waals surface area contributed by atoms with E-state index in [0.717, 1.165) is 22.9 Å². The van der Waals surface area contributed by atoms with Crippen molar-refractivity contribution < 1.29 is 4.74 Å². The van der Waals surface area contributed by atoms with Crippen LogP contribution < -0.4 is 4.74 Å². The summed E-state index contributed by atoms with van der Waals surface area (Å²) in [5.74, 6) is 0.994. The fourth-order valence-corrected chi connectivity index (χ4v) is 4.73. The smallest absolute Gasteiger partial charge is 0.123 e. The molecule has 2 nitrogen and oxygen atoms in total. The summed E-state index contributed by atoms with van der Waals surface area (Å²) in [6, 6.07) is 13.2. The fraction of sp³-hybridized carbons (Fsp3) is 0.348. The van der Waals surface area contributed by atoms with Gasteiger partial charge in [0.05, 0.1) is 12.3 Å². The number of rotatable bonds is 5. The summed E-state index contributed by atoms with van der Waals surface area (Å²) in [5.41, 5.74) is 7.91. The molecule has 0 spiro atoms. The number of thiazole rings is 1. The highest BCUT2D eigenvalue weighted by Crippen LogP contribution is 2.30. The molecule has 0 saturated heterocycles. The molecule has 0 aliphatic heterocycles. The summed E-state index contributed by atoms with van der Waals surface area (Å²) in [4.78, 5) is 6.18. The molecule has 1 aromatic heterocycles. The maximum atomic E-state index is 6.01. The van der Waals surface area contributed by atoms with Crippen LogP contribution in [0.25, 0.3) is 10.6 Å². The van der Waals surface area contributed by atoms with Crippen molar-refractivity contribution in [2.45, 2.75) is 46.5 Å². The van der Waals surface area contributed by atoms with Crippen LogP contribution in [-0.2, 0) is 19.3 Å². The number of fused-ring (bicyclic) bond motifs is 1. The van der Waals surface area contributed by atoms with Gasteiger partial charge in [-0.15, -0.1) is 11.3 Å². The van der Waals surface area contributed by atoms with E-state index in [1.165, 1.54) is 52.0 Å². The molecule has 0 unspecified atom stereocenters. The molecule has 0 N–H and O–H groups in total. The fourth-order valence-electron chi connectivity index (χ4n) is 3.79. The molecule has 0 radical (unpaired) electrons. The van der Waals surface area contributed by atoms with Crippen molar-refractivity contribution in [2.75, 3.05) is 6.61 Å². The Bertz CT molecular complexity index is 921. The van der Waals surface area contributed by atoms with Crippen molar-refractivity contribution in [3.63, 3.8) is 0 Å². The van der Waals surface area contributed by atoms with E-state index >= 15 is 0 Å². The Hall–Kier alpha value is -2.13. The van der Waals surface area contributed by atoms with Gasteiger partial charge in [0, 0.05) is 16.9 Å². The first-order chi connectivity index (χ1) is 12.6. The first-order valence-electron chi connectivity index (χ1n) is 9.38. The minimum atomic E-state index is 0.676. The SMILES string of the molecule is Cc1cc(C)cc(-c2nc(CCOc3ccc4c(c3)CCC4)c(C)s2)c1. The summed E-state index contributed by atoms with van der Waals surface area (Å²) >= 11 is 1.78. The second kappa shape index (κ2) is 7.24. The van der Waals surface area contributed by atoms with Gasteiger partial charge in [0.1, 0.15) is 10.8 Å². The molecule has 3 aromatic rings. The summed E-state index contributed by atoms with van der Waals surface area (Å²) < 4.78 is 6.01. The van der Waals surface area contributed by atoms with Crippen molar-refractivity contribution in [2.24, 2.45) is 0 Å². The molecular weight excluding hydrogens is 338 g/mol. The average molecular weight is 364 g/mol. The Morgan fingerprint density at radius 1 is 0.962 bits per heavy atom. The monoisotopic (exact) mass is 363 g/mol. The Balaban J connectivity index is 1.43. The lowest BCUT2D eigenvalue weighted by Crippen LogP contribution is -2.03. The van der Waals surface area contributed by atoms with Crippen LogP contribution in [0, 0.1) is 20.8 Å². The number of ether oxygens (including phenoxy) is 1. The van der Waals surface area contributed by atoms with E-state index < -0.39 is 0 Å². The number of benzene rings is 2. The standard InChI is InChI=1S/C23H25NOS/c1-15-11-16(2)13-20(12-15)23-24-22(17(3)26-23)9-10-25-21-8-7-18-5-4-6-19(18)14-21/h7-8,11-14H,4-6,9-10H2,1-3H3. The highest BCUT2D eigenvalue weighted by Gasteiger charge is 2.13. The normalized spacial score (nSPS) is 13.0. The Morgan fingerprint density at radius 3 is 2.54 bits per heavy atom. The Labute approximate surface area is 159 Å². The number of hydrogen-bond acceptors (Lipinski definition) is 3. The largest absolute Gasteiger partial charge is 0.493 e. The summed E-state index contributed by atoms with van der Waals surface area (Å²) in [7, 11) is 0. The molecular formula is C23H25NOS. The quantitative estimate of drug-likeness (QED) is 0.567. The van der Waals surface area contributed by atoms with E-state index in [1.807, 2.05) is 0 Å². The van der Waals surface area contributed by atoms with Gasteiger partial charge in [-0.25, -0.2) is 4.98 Å². The third-order valence-electron chi connectivity index (χ3n) is 5.04. The van der Waals surface area contributed by atoms with Gasteiger partial charge in [0.15, 0.2) is 0 Å². The zero-order valence-electron chi connectivity index (χ0n) is 15.8. The molecule has 0 amide bonds. The average Bonchev–Trinajstić information content (AvgIpc) is 3.20. The molecule has 26 heavy (non-hydrogen) atoms. The van der Waals surface area contributed by atoms with Gasteiger partial charge >= 0.3 is 0 Å². The topological polar surface area (TPSA) is 22.1 Å². The zero-order valence-corrected chi connectivity index (χ0v) is 16.6. The third-order valence-corrected chi connectivity index (χ3v) is 6.10. The van der Waals surface area contributed by atoms with Gasteiger partial charge in [0.2, 0.25) is 0 Å². The summed E-state index contributed by atoms with van der Waals surface area (Å²) in [6.07, 6.45) is 4.54. The van der Waals surface area contributed by atoms with E-state index in [-0.39, 0.29) is 0 Å². The van der Waals surface area contributed by atoms with Crippen LogP contribution in [0.4, 0.5) is 0 Å². The van der Waals surface area contributed by atoms with Crippen molar-refractivity contribution in [1.82, 2.24) is 4.98 Å². The van der Waals surface area contributed by atoms with E-state index in [2.05, 4.69) is 57.2 Å². The molecule has 0 bridgehead atoms. The van der Waals surface area contributed by atoms with Crippen LogP contribution in [-0.4, -0.2) is 11.6 Å². The van der Waals surface area contributed by atoms with Crippen molar-refractivity contribution >= 4 is 11.3 Å². The molecule has 1 heterocycles. The van der Waals surface area contributed by atoms with Crippen molar-refractivity contribution in [3.05, 3.63) is 69.2 Å². The molecule has 0 fully saturated rings. The first-order valence-corrected chi connectivity index (χ1v) is 10.2. The lowest BCUT2D eigenvalue weighted by Gasteiger charge is -2.07. The number of aromatic nitrogens is 1. The molecule has 2 aromatic carbocycles. The molecule has 0 atom stereocenters. The van der Waals surface area contributed by atoms with Crippen LogP contribution in [0.3, 0.4) is 0 Å². The van der Waals surface area contributed by atoms with Crippen LogP contribution in [0.2, 0.25) is 0 Å². The molecule has 0 saturated carbocycles. The van der Waals surface area contributed by atoms with Gasteiger partial charge in [-0.1, -0.05) is 23.3 Å². The predicted molar refractivity (Wildman–Crippen MR) is 109 cm³/mol. The lowest BCUT2D eigenvalue weighted by molar-refractivity contribution is 0.320. The number of hydrogen-bond donors (Lipinski definition) is 0. The molecule has 1 aliphatic rings. The van der Waals surface area contributed by atoms with Crippen LogP contribution in [0.5, 0.6) is 5.75 Å². The number of nitrogens with zero attached hydrogens (tertiary/aromatic N) is 1. The maximum absolute atomic E-state index is 6.01. The minimum Gasteiger partial charge on any atom is -0.493 e. The van der Waals surface area contributed by atoms with Gasteiger partial charge in [-0.05, 0) is 75.4 Å². The van der Waals surface area contributed by atoms with Gasteiger partial charge in [-0.2, -0.15) is 0 Å². The second-order valence-electron chi connectivity index (χ2n) is 7.28. The van der Waals surface area contributed by atoms with Crippen molar-refractivity contribution in [3.8, 4) is 16.3 Å². The molecule has 134 valence electrons. The lowest BCUT2D eigenvalue weighted by atomic mass is 10.1. The van der Waals surface area contributed by atoms with Crippen LogP contribution >= 0.6 is 11.3 Å². The summed E-state index contributed by atoms with van der Waals surface area (Å²) in [5, 5.41) is 1.11. The van der Waals surface area contributed by atoms with Gasteiger partial charge < -0.3 is 4.74 Å². The van der Waals surface area contributed by atoms with E-state index in [4.69, 9.17) is 9.72 Å². The summed E-state index contributed by atoms with van der Waals surface area (Å²) in [6.45, 7) is 7.12. The predicted octanol–water partition coefficient (Wildman–Crippen LogP) is 5.85. The van der Waals surface area contributed by atoms with E-state index in [1.54, 1.807) is 11.3 Å². The van der Waals surface area contributed by atoms with Crippen LogP contribution in [0.15, 0.2) is 36.4 Å². The van der Waals surface area contributed by atoms with Crippen molar-refractivity contribution in [1.29, 1.82) is 0 Å². The second-order valence-corrected chi connectivity index (χ2v) is 8.48. The molecule has 1 aliphatic carbocycles. The van der Waals surface area contributed by atoms with Gasteiger partial charge in [-0.3, -0.25) is 0 Å². The highest BCUT2D eigenvalue weighted by molar-refractivity contribution is 7.15. The third kappa shape index (κ3) is 3.68. The van der Waals surface area contributed by atoms with Gasteiger partial charge in [0.25, 0.3) is 0 Å². The minimum absolute atomic E-state index is 0.676. The maximum Gasteiger partial charge on any atom is 0.123 e. The number of aryl methyl sites for hydroxylation is 5. The highest BCUT2D eigenvalue weighted by atomic mass is 32.1. The van der Waals surface area contributed by atoms with E-state index in [0.29, 0.717) is 6.61 Å². The molecule has 3 heteroatoms. The first kappa shape index (κ1) is 17.3. The Kier molecular flexibility index (Phi) is 4.82. The van der Waals surface area contributed by atoms with Crippen LogP contribution in [0.1, 0.15) is 39.2 Å². The Morgan fingerprint density at radius 2 is 1.73 bits per heavy atom. The molecule has 4 rings (SSSR count). The van der Waals surface area contributed by atoms with E-state index in [9.17, 15) is 0 Å².